The highest BCUT2D eigenvalue weighted by atomic mass is 16.5. The Morgan fingerprint density at radius 2 is 1.76 bits per heavy atom. The number of nitrogens with zero attached hydrogens (tertiary/aromatic N) is 1. The fourth-order valence-corrected chi connectivity index (χ4v) is 5.15. The number of amides is 1. The second kappa shape index (κ2) is 8.25. The molecular formula is C27H30N2O4. The number of pyridine rings is 1. The molecule has 3 aromatic rings. The van der Waals surface area contributed by atoms with Crippen molar-refractivity contribution in [1.29, 1.82) is 0 Å². The lowest BCUT2D eigenvalue weighted by Gasteiger charge is -2.41. The molecule has 5 rings (SSSR count). The molecule has 6 nitrogen and oxygen atoms in total. The number of aryl methyl sites for hydroxylation is 2. The third kappa shape index (κ3) is 3.48. The first-order valence-electron chi connectivity index (χ1n) is 11.6. The van der Waals surface area contributed by atoms with Gasteiger partial charge in [0, 0.05) is 18.0 Å². The van der Waals surface area contributed by atoms with Gasteiger partial charge in [-0.25, -0.2) is 0 Å². The molecule has 0 spiro atoms. The Bertz CT molecular complexity index is 1310. The van der Waals surface area contributed by atoms with Gasteiger partial charge in [-0.05, 0) is 78.9 Å². The van der Waals surface area contributed by atoms with Crippen molar-refractivity contribution in [2.24, 2.45) is 5.92 Å². The van der Waals surface area contributed by atoms with Crippen molar-refractivity contribution in [3.8, 4) is 11.5 Å². The highest BCUT2D eigenvalue weighted by Crippen LogP contribution is 2.42. The Labute approximate surface area is 193 Å². The maximum atomic E-state index is 13.5. The normalized spacial score (nSPS) is 18.1. The van der Waals surface area contributed by atoms with E-state index in [0.29, 0.717) is 30.0 Å². The topological polar surface area (TPSA) is 71.6 Å². The molecular weight excluding hydrogens is 416 g/mol. The molecule has 1 aliphatic heterocycles. The molecule has 0 saturated heterocycles. The second-order valence-electron chi connectivity index (χ2n) is 9.24. The van der Waals surface area contributed by atoms with Crippen LogP contribution >= 0.6 is 0 Å². The molecule has 2 aromatic carbocycles. The number of nitrogens with one attached hydrogen (secondary N) is 1. The van der Waals surface area contributed by atoms with Gasteiger partial charge in [0.1, 0.15) is 0 Å². The van der Waals surface area contributed by atoms with E-state index < -0.39 is 6.04 Å². The van der Waals surface area contributed by atoms with E-state index in [4.69, 9.17) is 9.47 Å². The summed E-state index contributed by atoms with van der Waals surface area (Å²) in [5.74, 6) is 1.46. The zero-order valence-corrected chi connectivity index (χ0v) is 19.7. The fraction of sp³-hybridized carbons (Fsp3) is 0.407. The van der Waals surface area contributed by atoms with Crippen LogP contribution in [0.3, 0.4) is 0 Å². The number of aromatic amines is 1. The van der Waals surface area contributed by atoms with Crippen molar-refractivity contribution < 1.29 is 14.3 Å². The Kier molecular flexibility index (Phi) is 5.39. The molecule has 33 heavy (non-hydrogen) atoms. The van der Waals surface area contributed by atoms with E-state index >= 15 is 0 Å². The number of carbonyl (C=O) groups excluding carboxylic acids is 1. The number of carbonyl (C=O) groups is 1. The maximum absolute atomic E-state index is 13.5. The van der Waals surface area contributed by atoms with E-state index in [9.17, 15) is 9.59 Å². The lowest BCUT2D eigenvalue weighted by atomic mass is 9.81. The van der Waals surface area contributed by atoms with Crippen LogP contribution in [0.5, 0.6) is 11.5 Å². The molecule has 6 heteroatoms. The van der Waals surface area contributed by atoms with Crippen LogP contribution in [0.15, 0.2) is 35.1 Å². The van der Waals surface area contributed by atoms with Crippen molar-refractivity contribution >= 4 is 16.8 Å². The van der Waals surface area contributed by atoms with Gasteiger partial charge in [-0.1, -0.05) is 18.6 Å². The van der Waals surface area contributed by atoms with E-state index in [1.54, 1.807) is 14.2 Å². The summed E-state index contributed by atoms with van der Waals surface area (Å²) in [4.78, 5) is 32.0. The quantitative estimate of drug-likeness (QED) is 0.643. The van der Waals surface area contributed by atoms with E-state index in [1.165, 1.54) is 0 Å². The van der Waals surface area contributed by atoms with E-state index in [-0.39, 0.29) is 17.4 Å². The van der Waals surface area contributed by atoms with Crippen LogP contribution in [0.25, 0.3) is 10.9 Å². The summed E-state index contributed by atoms with van der Waals surface area (Å²) in [5, 5.41) is 0.969. The predicted octanol–water partition coefficient (Wildman–Crippen LogP) is 4.44. The second-order valence-corrected chi connectivity index (χ2v) is 9.24. The highest BCUT2D eigenvalue weighted by molar-refractivity contribution is 5.84. The molecule has 2 aliphatic rings. The number of benzene rings is 2. The first-order valence-corrected chi connectivity index (χ1v) is 11.6. The van der Waals surface area contributed by atoms with Crippen molar-refractivity contribution in [2.45, 2.75) is 45.6 Å². The number of hydrogen-bond acceptors (Lipinski definition) is 4. The molecule has 1 atom stereocenters. The van der Waals surface area contributed by atoms with Gasteiger partial charge in [0.2, 0.25) is 5.91 Å². The minimum absolute atomic E-state index is 0.0543. The predicted molar refractivity (Wildman–Crippen MR) is 128 cm³/mol. The molecule has 0 bridgehead atoms. The van der Waals surface area contributed by atoms with Gasteiger partial charge in [-0.3, -0.25) is 9.59 Å². The van der Waals surface area contributed by atoms with Gasteiger partial charge < -0.3 is 19.4 Å². The lowest BCUT2D eigenvalue weighted by Crippen LogP contribution is -2.46. The zero-order chi connectivity index (χ0) is 23.3. The van der Waals surface area contributed by atoms with Crippen molar-refractivity contribution in [2.75, 3.05) is 20.8 Å². The zero-order valence-electron chi connectivity index (χ0n) is 19.7. The molecule has 0 radical (unpaired) electrons. The summed E-state index contributed by atoms with van der Waals surface area (Å²) < 4.78 is 11.1. The Morgan fingerprint density at radius 3 is 2.42 bits per heavy atom. The van der Waals surface area contributed by atoms with Gasteiger partial charge in [-0.15, -0.1) is 0 Å². The molecule has 1 N–H and O–H groups in total. The van der Waals surface area contributed by atoms with E-state index in [2.05, 4.69) is 11.1 Å². The molecule has 2 heterocycles. The summed E-state index contributed by atoms with van der Waals surface area (Å²) in [5.41, 5.74) is 5.49. The first-order chi connectivity index (χ1) is 15.9. The summed E-state index contributed by atoms with van der Waals surface area (Å²) in [7, 11) is 3.22. The van der Waals surface area contributed by atoms with E-state index in [1.807, 2.05) is 43.0 Å². The molecule has 1 aromatic heterocycles. The summed E-state index contributed by atoms with van der Waals surface area (Å²) in [6.07, 6.45) is 3.65. The lowest BCUT2D eigenvalue weighted by molar-refractivity contribution is -0.140. The minimum Gasteiger partial charge on any atom is -0.493 e. The Morgan fingerprint density at radius 1 is 1.03 bits per heavy atom. The minimum atomic E-state index is -0.462. The summed E-state index contributed by atoms with van der Waals surface area (Å²) in [6.45, 7) is 4.64. The van der Waals surface area contributed by atoms with Crippen molar-refractivity contribution in [3.05, 3.63) is 68.5 Å². The third-order valence-corrected chi connectivity index (χ3v) is 7.49. The monoisotopic (exact) mass is 446 g/mol. The maximum Gasteiger partial charge on any atom is 0.254 e. The number of aromatic nitrogens is 1. The number of H-pyrrole nitrogens is 1. The standard InChI is InChI=1S/C27H30N2O4/c1-15-8-9-19-12-21(26(30)28-24(19)16(15)2)25-20-14-23(33-4)22(32-3)13-18(20)10-11-29(25)27(31)17-6-5-7-17/h8-9,12-14,17,25H,5-7,10-11H2,1-4H3,(H,28,30)/t25-/m1/s1. The number of hydrogen-bond donors (Lipinski definition) is 1. The molecule has 1 amide bonds. The SMILES string of the molecule is COc1cc2c(cc1OC)[C@H](c1cc3ccc(C)c(C)c3[nH]c1=O)N(C(=O)C1CCC1)CC2. The van der Waals surface area contributed by atoms with Crippen molar-refractivity contribution in [3.63, 3.8) is 0 Å². The van der Waals surface area contributed by atoms with Gasteiger partial charge in [0.05, 0.1) is 25.8 Å². The first kappa shape index (κ1) is 21.6. The van der Waals surface area contributed by atoms with Crippen LogP contribution in [-0.2, 0) is 11.2 Å². The average molecular weight is 447 g/mol. The largest absolute Gasteiger partial charge is 0.493 e. The average Bonchev–Trinajstić information content (AvgIpc) is 2.78. The molecule has 172 valence electrons. The molecule has 1 fully saturated rings. The van der Waals surface area contributed by atoms with Crippen LogP contribution in [0.1, 0.15) is 53.1 Å². The van der Waals surface area contributed by atoms with Gasteiger partial charge >= 0.3 is 0 Å². The van der Waals surface area contributed by atoms with Gasteiger partial charge in [0.25, 0.3) is 5.56 Å². The molecule has 1 saturated carbocycles. The van der Waals surface area contributed by atoms with Crippen LogP contribution in [0, 0.1) is 19.8 Å². The van der Waals surface area contributed by atoms with E-state index in [0.717, 1.165) is 52.4 Å². The summed E-state index contributed by atoms with van der Waals surface area (Å²) in [6, 6.07) is 9.51. The molecule has 0 unspecified atom stereocenters. The highest BCUT2D eigenvalue weighted by Gasteiger charge is 2.39. The number of ether oxygens (including phenoxy) is 2. The fourth-order valence-electron chi connectivity index (χ4n) is 5.15. The van der Waals surface area contributed by atoms with Crippen LogP contribution in [-0.4, -0.2) is 36.6 Å². The van der Waals surface area contributed by atoms with Crippen LogP contribution in [0.4, 0.5) is 0 Å². The van der Waals surface area contributed by atoms with Gasteiger partial charge in [0.15, 0.2) is 11.5 Å². The smallest absolute Gasteiger partial charge is 0.254 e. The Balaban J connectivity index is 1.72. The van der Waals surface area contributed by atoms with Gasteiger partial charge in [-0.2, -0.15) is 0 Å². The number of methoxy groups -OCH3 is 2. The van der Waals surface area contributed by atoms with Crippen LogP contribution < -0.4 is 15.0 Å². The third-order valence-electron chi connectivity index (χ3n) is 7.49. The number of fused-ring (bicyclic) bond motifs is 2. The molecule has 1 aliphatic carbocycles. The summed E-state index contributed by atoms with van der Waals surface area (Å²) >= 11 is 0. The van der Waals surface area contributed by atoms with Crippen molar-refractivity contribution in [1.82, 2.24) is 9.88 Å². The number of rotatable bonds is 4. The van der Waals surface area contributed by atoms with Crippen LogP contribution in [0.2, 0.25) is 0 Å². The Hall–Kier alpha value is -3.28.